The van der Waals surface area contributed by atoms with Crippen molar-refractivity contribution in [3.05, 3.63) is 39.4 Å². The first-order valence-electron chi connectivity index (χ1n) is 4.58. The van der Waals surface area contributed by atoms with Gasteiger partial charge in [-0.1, -0.05) is 15.9 Å². The van der Waals surface area contributed by atoms with Gasteiger partial charge < -0.3 is 0 Å². The lowest BCUT2D eigenvalue weighted by Gasteiger charge is -2.09. The standard InChI is InChI=1S/C10H6BrF3N2O/c11-6-1-2-7-8(3-6)15-5-16(9(7)17)4-10(12,13)14/h1-3,5H,4H2. The SMILES string of the molecule is O=c1c2ccc(Br)cc2ncn1CC(F)(F)F. The molecule has 90 valence electrons. The minimum absolute atomic E-state index is 0.167. The van der Waals surface area contributed by atoms with Crippen LogP contribution in [0.2, 0.25) is 0 Å². The molecule has 1 aromatic heterocycles. The molecule has 1 heterocycles. The van der Waals surface area contributed by atoms with Crippen molar-refractivity contribution in [3.63, 3.8) is 0 Å². The molecule has 2 rings (SSSR count). The van der Waals surface area contributed by atoms with Crippen LogP contribution >= 0.6 is 15.9 Å². The fraction of sp³-hybridized carbons (Fsp3) is 0.200. The highest BCUT2D eigenvalue weighted by molar-refractivity contribution is 9.10. The van der Waals surface area contributed by atoms with E-state index in [4.69, 9.17) is 0 Å². The smallest absolute Gasteiger partial charge is 0.290 e. The van der Waals surface area contributed by atoms with Crippen molar-refractivity contribution in [3.8, 4) is 0 Å². The van der Waals surface area contributed by atoms with Crippen LogP contribution in [0.5, 0.6) is 0 Å². The first-order chi connectivity index (χ1) is 7.87. The lowest BCUT2D eigenvalue weighted by atomic mass is 10.2. The molecule has 0 aliphatic carbocycles. The fourth-order valence-corrected chi connectivity index (χ4v) is 1.79. The average Bonchev–Trinajstić information content (AvgIpc) is 2.20. The predicted octanol–water partition coefficient (Wildman–Crippen LogP) is 2.72. The Labute approximate surface area is 102 Å². The van der Waals surface area contributed by atoms with E-state index in [-0.39, 0.29) is 5.39 Å². The number of rotatable bonds is 1. The van der Waals surface area contributed by atoms with E-state index in [0.717, 1.165) is 6.33 Å². The van der Waals surface area contributed by atoms with Crippen LogP contribution in [0.15, 0.2) is 33.8 Å². The molecular formula is C10H6BrF3N2O. The molecule has 7 heteroatoms. The third-order valence-electron chi connectivity index (χ3n) is 2.14. The Kier molecular flexibility index (Phi) is 2.94. The molecule has 0 aliphatic heterocycles. The van der Waals surface area contributed by atoms with Crippen LogP contribution < -0.4 is 5.56 Å². The molecule has 0 radical (unpaired) electrons. The topological polar surface area (TPSA) is 34.9 Å². The molecule has 2 aromatic rings. The van der Waals surface area contributed by atoms with Gasteiger partial charge in [0.05, 0.1) is 17.2 Å². The first kappa shape index (κ1) is 12.1. The average molecular weight is 307 g/mol. The highest BCUT2D eigenvalue weighted by Crippen LogP contribution is 2.18. The Morgan fingerprint density at radius 1 is 1.35 bits per heavy atom. The van der Waals surface area contributed by atoms with E-state index in [1.54, 1.807) is 12.1 Å². The highest BCUT2D eigenvalue weighted by atomic mass is 79.9. The first-order valence-corrected chi connectivity index (χ1v) is 5.37. The molecule has 0 spiro atoms. The van der Waals surface area contributed by atoms with E-state index < -0.39 is 18.3 Å². The molecule has 0 atom stereocenters. The molecule has 1 aromatic carbocycles. The van der Waals surface area contributed by atoms with Gasteiger partial charge in [-0.15, -0.1) is 0 Å². The molecule has 0 amide bonds. The van der Waals surface area contributed by atoms with E-state index >= 15 is 0 Å². The maximum absolute atomic E-state index is 12.2. The minimum Gasteiger partial charge on any atom is -0.290 e. The van der Waals surface area contributed by atoms with Gasteiger partial charge in [0.1, 0.15) is 6.54 Å². The van der Waals surface area contributed by atoms with Gasteiger partial charge in [0, 0.05) is 4.47 Å². The molecule has 0 aliphatic rings. The summed E-state index contributed by atoms with van der Waals surface area (Å²) in [5, 5.41) is 0.167. The van der Waals surface area contributed by atoms with E-state index in [2.05, 4.69) is 20.9 Å². The fourth-order valence-electron chi connectivity index (χ4n) is 1.44. The summed E-state index contributed by atoms with van der Waals surface area (Å²) in [6.07, 6.45) is -3.53. The number of benzene rings is 1. The highest BCUT2D eigenvalue weighted by Gasteiger charge is 2.28. The zero-order valence-corrected chi connectivity index (χ0v) is 9.92. The number of hydrogen-bond donors (Lipinski definition) is 0. The van der Waals surface area contributed by atoms with Crippen molar-refractivity contribution >= 4 is 26.8 Å². The summed E-state index contributed by atoms with van der Waals surface area (Å²) in [4.78, 5) is 15.5. The number of hydrogen-bond acceptors (Lipinski definition) is 2. The second-order valence-electron chi connectivity index (χ2n) is 3.45. The van der Waals surface area contributed by atoms with Gasteiger partial charge in [-0.3, -0.25) is 9.36 Å². The summed E-state index contributed by atoms with van der Waals surface area (Å²) in [5.74, 6) is 0. The van der Waals surface area contributed by atoms with Gasteiger partial charge in [-0.25, -0.2) is 4.98 Å². The molecule has 0 saturated heterocycles. The van der Waals surface area contributed by atoms with Crippen LogP contribution in [0.4, 0.5) is 13.2 Å². The third kappa shape index (κ3) is 2.66. The van der Waals surface area contributed by atoms with Gasteiger partial charge in [0.15, 0.2) is 0 Å². The van der Waals surface area contributed by atoms with Gasteiger partial charge in [0.25, 0.3) is 5.56 Å². The lowest BCUT2D eigenvalue weighted by Crippen LogP contribution is -2.28. The Balaban J connectivity index is 2.59. The van der Waals surface area contributed by atoms with E-state index in [0.29, 0.717) is 14.6 Å². The summed E-state index contributed by atoms with van der Waals surface area (Å²) >= 11 is 3.20. The molecular weight excluding hydrogens is 301 g/mol. The van der Waals surface area contributed by atoms with Crippen molar-refractivity contribution in [2.45, 2.75) is 12.7 Å². The largest absolute Gasteiger partial charge is 0.406 e. The normalized spacial score (nSPS) is 12.0. The van der Waals surface area contributed by atoms with E-state index in [9.17, 15) is 18.0 Å². The second-order valence-corrected chi connectivity index (χ2v) is 4.37. The lowest BCUT2D eigenvalue weighted by molar-refractivity contribution is -0.141. The number of aromatic nitrogens is 2. The molecule has 3 nitrogen and oxygen atoms in total. The summed E-state index contributed by atoms with van der Waals surface area (Å²) in [5.41, 5.74) is -0.331. The molecule has 0 bridgehead atoms. The molecule has 0 fully saturated rings. The number of alkyl halides is 3. The Bertz CT molecular complexity index is 621. The predicted molar refractivity (Wildman–Crippen MR) is 59.8 cm³/mol. The number of nitrogens with zero attached hydrogens (tertiary/aromatic N) is 2. The quantitative estimate of drug-likeness (QED) is 0.812. The van der Waals surface area contributed by atoms with Crippen molar-refractivity contribution in [2.24, 2.45) is 0 Å². The monoisotopic (exact) mass is 306 g/mol. The minimum atomic E-state index is -4.44. The van der Waals surface area contributed by atoms with Crippen LogP contribution in [-0.2, 0) is 6.54 Å². The zero-order valence-electron chi connectivity index (χ0n) is 8.33. The van der Waals surface area contributed by atoms with Crippen LogP contribution in [0, 0.1) is 0 Å². The molecule has 0 saturated carbocycles. The molecule has 0 N–H and O–H groups in total. The van der Waals surface area contributed by atoms with Gasteiger partial charge >= 0.3 is 6.18 Å². The van der Waals surface area contributed by atoms with Gasteiger partial charge in [-0.05, 0) is 18.2 Å². The zero-order chi connectivity index (χ0) is 12.6. The van der Waals surface area contributed by atoms with Crippen molar-refractivity contribution in [2.75, 3.05) is 0 Å². The Hall–Kier alpha value is -1.37. The Morgan fingerprint density at radius 2 is 2.06 bits per heavy atom. The summed E-state index contributed by atoms with van der Waals surface area (Å²) in [7, 11) is 0. The van der Waals surface area contributed by atoms with Crippen LogP contribution in [0.1, 0.15) is 0 Å². The number of halogens is 4. The van der Waals surface area contributed by atoms with Crippen LogP contribution in [0.3, 0.4) is 0 Å². The molecule has 0 unspecified atom stereocenters. The summed E-state index contributed by atoms with van der Waals surface area (Å²) in [6.45, 7) is -1.33. The van der Waals surface area contributed by atoms with Gasteiger partial charge in [-0.2, -0.15) is 13.2 Å². The third-order valence-corrected chi connectivity index (χ3v) is 2.63. The second kappa shape index (κ2) is 4.14. The van der Waals surface area contributed by atoms with Gasteiger partial charge in [0.2, 0.25) is 0 Å². The van der Waals surface area contributed by atoms with E-state index in [1.807, 2.05) is 0 Å². The number of fused-ring (bicyclic) bond motifs is 1. The maximum atomic E-state index is 12.2. The molecule has 17 heavy (non-hydrogen) atoms. The van der Waals surface area contributed by atoms with Crippen molar-refractivity contribution < 1.29 is 13.2 Å². The Morgan fingerprint density at radius 3 is 2.71 bits per heavy atom. The van der Waals surface area contributed by atoms with Crippen LogP contribution in [-0.4, -0.2) is 15.7 Å². The summed E-state index contributed by atoms with van der Waals surface area (Å²) in [6, 6.07) is 4.61. The van der Waals surface area contributed by atoms with E-state index in [1.165, 1.54) is 6.07 Å². The maximum Gasteiger partial charge on any atom is 0.406 e. The van der Waals surface area contributed by atoms with Crippen molar-refractivity contribution in [1.29, 1.82) is 0 Å². The van der Waals surface area contributed by atoms with Crippen LogP contribution in [0.25, 0.3) is 10.9 Å². The van der Waals surface area contributed by atoms with Crippen molar-refractivity contribution in [1.82, 2.24) is 9.55 Å². The summed E-state index contributed by atoms with van der Waals surface area (Å²) < 4.78 is 37.8.